The predicted molar refractivity (Wildman–Crippen MR) is 71.7 cm³/mol. The van der Waals surface area contributed by atoms with Crippen molar-refractivity contribution in [1.82, 2.24) is 0 Å². The Hall–Kier alpha value is -1.21. The van der Waals surface area contributed by atoms with Gasteiger partial charge in [-0.1, -0.05) is 59.9 Å². The van der Waals surface area contributed by atoms with Gasteiger partial charge in [-0.15, -0.1) is 0 Å². The first-order valence-corrected chi connectivity index (χ1v) is 5.73. The summed E-state index contributed by atoms with van der Waals surface area (Å²) in [5.41, 5.74) is 4.40. The van der Waals surface area contributed by atoms with Crippen LogP contribution in [0.5, 0.6) is 0 Å². The minimum absolute atomic E-state index is 0.759. The molecule has 0 fully saturated rings. The molecular weight excluding hydrogens is 214 g/mol. The maximum absolute atomic E-state index is 5.88. The first-order valence-electron chi connectivity index (χ1n) is 5.35. The van der Waals surface area contributed by atoms with Crippen LogP contribution in [0.2, 0.25) is 5.02 Å². The summed E-state index contributed by atoms with van der Waals surface area (Å²) in [5, 5.41) is 0.759. The molecule has 0 aliphatic heterocycles. The van der Waals surface area contributed by atoms with Crippen molar-refractivity contribution in [3.63, 3.8) is 0 Å². The summed E-state index contributed by atoms with van der Waals surface area (Å²) < 4.78 is 0. The maximum Gasteiger partial charge on any atom is 0.114 e. The molecule has 0 N–H and O–H groups in total. The molecule has 2 aromatic rings. The summed E-state index contributed by atoms with van der Waals surface area (Å²) in [5.74, 6) is 0. The Balaban J connectivity index is 2.44. The summed E-state index contributed by atoms with van der Waals surface area (Å²) >= 11 is 5.86. The van der Waals surface area contributed by atoms with E-state index in [1.807, 2.05) is 36.4 Å². The van der Waals surface area contributed by atoms with Crippen LogP contribution >= 0.6 is 11.6 Å². The van der Waals surface area contributed by atoms with Crippen LogP contribution < -0.4 is 5.46 Å². The van der Waals surface area contributed by atoms with Gasteiger partial charge >= 0.3 is 0 Å². The second kappa shape index (κ2) is 4.75. The number of aryl methyl sites for hydroxylation is 1. The smallest absolute Gasteiger partial charge is 0.0935 e. The van der Waals surface area contributed by atoms with E-state index in [-0.39, 0.29) is 0 Å². The molecule has 0 unspecified atom stereocenters. The molecule has 2 heteroatoms. The first kappa shape index (κ1) is 11.3. The van der Waals surface area contributed by atoms with Gasteiger partial charge in [-0.3, -0.25) is 0 Å². The highest BCUT2D eigenvalue weighted by molar-refractivity contribution is 6.33. The standard InChI is InChI=1S/C14H12BCl/c1-2-10-9-12(5-8-14(10)15)11-3-6-13(16)7-4-11/h3-9H,2H2,1H3. The van der Waals surface area contributed by atoms with Gasteiger partial charge in [0, 0.05) is 5.02 Å². The van der Waals surface area contributed by atoms with Gasteiger partial charge in [-0.2, -0.15) is 0 Å². The van der Waals surface area contributed by atoms with E-state index in [4.69, 9.17) is 19.4 Å². The molecule has 0 aliphatic rings. The van der Waals surface area contributed by atoms with Crippen molar-refractivity contribution >= 4 is 24.9 Å². The van der Waals surface area contributed by atoms with Gasteiger partial charge in [0.05, 0.1) is 0 Å². The third-order valence-corrected chi connectivity index (χ3v) is 2.95. The van der Waals surface area contributed by atoms with Gasteiger partial charge in [0.15, 0.2) is 0 Å². The van der Waals surface area contributed by atoms with E-state index in [0.29, 0.717) is 0 Å². The van der Waals surface area contributed by atoms with Gasteiger partial charge < -0.3 is 0 Å². The van der Waals surface area contributed by atoms with Crippen LogP contribution in [0.1, 0.15) is 12.5 Å². The molecule has 0 amide bonds. The van der Waals surface area contributed by atoms with Crippen LogP contribution in [0, 0.1) is 0 Å². The van der Waals surface area contributed by atoms with Crippen LogP contribution in [0.4, 0.5) is 0 Å². The van der Waals surface area contributed by atoms with Crippen molar-refractivity contribution in [2.45, 2.75) is 13.3 Å². The van der Waals surface area contributed by atoms with E-state index in [1.165, 1.54) is 16.7 Å². The number of rotatable bonds is 2. The van der Waals surface area contributed by atoms with Crippen LogP contribution in [0.15, 0.2) is 42.5 Å². The van der Waals surface area contributed by atoms with E-state index in [9.17, 15) is 0 Å². The van der Waals surface area contributed by atoms with Crippen LogP contribution in [0.3, 0.4) is 0 Å². The zero-order valence-corrected chi connectivity index (χ0v) is 9.96. The van der Waals surface area contributed by atoms with Crippen molar-refractivity contribution in [2.75, 3.05) is 0 Å². The van der Waals surface area contributed by atoms with Crippen LogP contribution in [-0.4, -0.2) is 7.85 Å². The highest BCUT2D eigenvalue weighted by Gasteiger charge is 2.00. The maximum atomic E-state index is 5.88. The summed E-state index contributed by atoms with van der Waals surface area (Å²) in [7, 11) is 5.88. The lowest BCUT2D eigenvalue weighted by Gasteiger charge is -2.07. The van der Waals surface area contributed by atoms with Crippen molar-refractivity contribution in [2.24, 2.45) is 0 Å². The molecule has 78 valence electrons. The van der Waals surface area contributed by atoms with Gasteiger partial charge in [0.25, 0.3) is 0 Å². The molecule has 0 nitrogen and oxygen atoms in total. The average Bonchev–Trinajstić information content (AvgIpc) is 2.31. The largest absolute Gasteiger partial charge is 0.114 e. The quantitative estimate of drug-likeness (QED) is 0.689. The van der Waals surface area contributed by atoms with Crippen molar-refractivity contribution in [3.05, 3.63) is 53.1 Å². The molecule has 0 atom stereocenters. The Kier molecular flexibility index (Phi) is 3.35. The summed E-state index contributed by atoms with van der Waals surface area (Å²) in [4.78, 5) is 0. The minimum Gasteiger partial charge on any atom is -0.0935 e. The Morgan fingerprint density at radius 3 is 2.25 bits per heavy atom. The summed E-state index contributed by atoms with van der Waals surface area (Å²) in [6.45, 7) is 2.11. The number of hydrogen-bond donors (Lipinski definition) is 0. The molecule has 0 saturated carbocycles. The molecule has 2 aromatic carbocycles. The molecular formula is C14H12BCl. The van der Waals surface area contributed by atoms with E-state index < -0.39 is 0 Å². The van der Waals surface area contributed by atoms with E-state index >= 15 is 0 Å². The lowest BCUT2D eigenvalue weighted by atomic mass is 9.87. The fraction of sp³-hybridized carbons (Fsp3) is 0.143. The predicted octanol–water partition coefficient (Wildman–Crippen LogP) is 3.36. The van der Waals surface area contributed by atoms with Crippen molar-refractivity contribution in [3.8, 4) is 11.1 Å². The van der Waals surface area contributed by atoms with Crippen LogP contribution in [-0.2, 0) is 6.42 Å². The van der Waals surface area contributed by atoms with Crippen molar-refractivity contribution < 1.29 is 0 Å². The normalized spacial score (nSPS) is 10.4. The van der Waals surface area contributed by atoms with Gasteiger partial charge in [-0.25, -0.2) is 0 Å². The number of hydrogen-bond acceptors (Lipinski definition) is 0. The monoisotopic (exact) mass is 226 g/mol. The minimum atomic E-state index is 0.759. The third kappa shape index (κ3) is 2.30. The fourth-order valence-electron chi connectivity index (χ4n) is 1.73. The Bertz CT molecular complexity index is 489. The molecule has 0 aliphatic carbocycles. The second-order valence-electron chi connectivity index (χ2n) is 3.77. The molecule has 0 saturated heterocycles. The molecule has 0 spiro atoms. The Morgan fingerprint density at radius 2 is 1.62 bits per heavy atom. The lowest BCUT2D eigenvalue weighted by molar-refractivity contribution is 1.15. The van der Waals surface area contributed by atoms with Gasteiger partial charge in [0.1, 0.15) is 7.85 Å². The molecule has 0 heterocycles. The third-order valence-electron chi connectivity index (χ3n) is 2.70. The summed E-state index contributed by atoms with van der Waals surface area (Å²) in [6, 6.07) is 14.0. The summed E-state index contributed by atoms with van der Waals surface area (Å²) in [6.07, 6.45) is 0.952. The number of benzene rings is 2. The Labute approximate surface area is 103 Å². The molecule has 2 rings (SSSR count). The Morgan fingerprint density at radius 1 is 1.00 bits per heavy atom. The average molecular weight is 227 g/mol. The second-order valence-corrected chi connectivity index (χ2v) is 4.21. The van der Waals surface area contributed by atoms with Crippen LogP contribution in [0.25, 0.3) is 11.1 Å². The molecule has 2 radical (unpaired) electrons. The first-order chi connectivity index (χ1) is 7.70. The van der Waals surface area contributed by atoms with E-state index in [2.05, 4.69) is 13.0 Å². The zero-order valence-electron chi connectivity index (χ0n) is 9.20. The fourth-order valence-corrected chi connectivity index (χ4v) is 1.86. The zero-order chi connectivity index (χ0) is 11.5. The topological polar surface area (TPSA) is 0 Å². The van der Waals surface area contributed by atoms with Crippen molar-refractivity contribution in [1.29, 1.82) is 0 Å². The SMILES string of the molecule is [B]c1ccc(-c2ccc(Cl)cc2)cc1CC. The van der Waals surface area contributed by atoms with E-state index in [0.717, 1.165) is 16.9 Å². The molecule has 0 bridgehead atoms. The highest BCUT2D eigenvalue weighted by atomic mass is 35.5. The molecule has 0 aromatic heterocycles. The van der Waals surface area contributed by atoms with Gasteiger partial charge in [-0.05, 0) is 29.7 Å². The molecule has 16 heavy (non-hydrogen) atoms. The van der Waals surface area contributed by atoms with E-state index in [1.54, 1.807) is 0 Å². The van der Waals surface area contributed by atoms with Gasteiger partial charge in [0.2, 0.25) is 0 Å². The lowest BCUT2D eigenvalue weighted by Crippen LogP contribution is -2.08. The highest BCUT2D eigenvalue weighted by Crippen LogP contribution is 2.21. The number of halogens is 1.